The number of para-hydroxylation sites is 1. The summed E-state index contributed by atoms with van der Waals surface area (Å²) in [5.74, 6) is 0.00609. The van der Waals surface area contributed by atoms with Crippen LogP contribution >= 0.6 is 0 Å². The molecule has 0 radical (unpaired) electrons. The van der Waals surface area contributed by atoms with E-state index in [0.29, 0.717) is 24.4 Å². The lowest BCUT2D eigenvalue weighted by atomic mass is 9.92. The summed E-state index contributed by atoms with van der Waals surface area (Å²) in [6.07, 6.45) is 1.97. The van der Waals surface area contributed by atoms with Gasteiger partial charge in [-0.1, -0.05) is 38.1 Å². The van der Waals surface area contributed by atoms with E-state index in [1.165, 1.54) is 4.68 Å². The van der Waals surface area contributed by atoms with Crippen molar-refractivity contribution < 1.29 is 9.32 Å². The van der Waals surface area contributed by atoms with E-state index in [9.17, 15) is 9.59 Å². The van der Waals surface area contributed by atoms with Crippen LogP contribution in [0.1, 0.15) is 45.0 Å². The van der Waals surface area contributed by atoms with Crippen LogP contribution in [0.2, 0.25) is 0 Å². The summed E-state index contributed by atoms with van der Waals surface area (Å²) in [6.45, 7) is 7.30. The van der Waals surface area contributed by atoms with Crippen molar-refractivity contribution >= 4 is 16.9 Å². The number of nitrogens with zero attached hydrogens (tertiary/aromatic N) is 4. The third-order valence-electron chi connectivity index (χ3n) is 5.49. The second-order valence-corrected chi connectivity index (χ2v) is 8.67. The number of carbonyl (C=O) groups excluding carboxylic acids is 1. The normalized spacial score (nSPS) is 17.2. The Hall–Kier alpha value is -2.96. The second kappa shape index (κ2) is 7.46. The standard InChI is InChI=1S/C22H26N4O3/c1-22(2,3)19-10-11-20(27)26(23-19)14-15-7-6-12-25(15)21(28)13-17-16-8-4-5-9-18(16)29-24-17/h4-5,8-11,15H,6-7,12-14H2,1-3H3. The lowest BCUT2D eigenvalue weighted by Gasteiger charge is -2.25. The van der Waals surface area contributed by atoms with Gasteiger partial charge in [0.05, 0.1) is 24.7 Å². The topological polar surface area (TPSA) is 81.2 Å². The predicted octanol–water partition coefficient (Wildman–Crippen LogP) is 2.92. The largest absolute Gasteiger partial charge is 0.356 e. The fraction of sp³-hybridized carbons (Fsp3) is 0.455. The zero-order valence-electron chi connectivity index (χ0n) is 17.1. The van der Waals surface area contributed by atoms with Gasteiger partial charge in [-0.25, -0.2) is 4.68 Å². The molecular formula is C22H26N4O3. The number of rotatable bonds is 4. The number of aromatic nitrogens is 3. The van der Waals surface area contributed by atoms with E-state index < -0.39 is 0 Å². The number of hydrogen-bond donors (Lipinski definition) is 0. The van der Waals surface area contributed by atoms with E-state index >= 15 is 0 Å². The molecular weight excluding hydrogens is 368 g/mol. The number of hydrogen-bond acceptors (Lipinski definition) is 5. The lowest BCUT2D eigenvalue weighted by Crippen LogP contribution is -2.41. The van der Waals surface area contributed by atoms with Gasteiger partial charge in [0.1, 0.15) is 5.69 Å². The molecule has 0 N–H and O–H groups in total. The Morgan fingerprint density at radius 3 is 2.79 bits per heavy atom. The van der Waals surface area contributed by atoms with E-state index in [0.717, 1.165) is 23.9 Å². The molecule has 1 aliphatic rings. The van der Waals surface area contributed by atoms with Crippen molar-refractivity contribution in [1.29, 1.82) is 0 Å². The van der Waals surface area contributed by atoms with Crippen LogP contribution in [-0.2, 0) is 23.2 Å². The summed E-state index contributed by atoms with van der Waals surface area (Å²) in [5, 5.41) is 9.50. The summed E-state index contributed by atoms with van der Waals surface area (Å²) >= 11 is 0. The van der Waals surface area contributed by atoms with Crippen molar-refractivity contribution in [2.75, 3.05) is 6.54 Å². The van der Waals surface area contributed by atoms with E-state index in [1.807, 2.05) is 29.2 Å². The zero-order chi connectivity index (χ0) is 20.6. The molecule has 7 nitrogen and oxygen atoms in total. The monoisotopic (exact) mass is 394 g/mol. The molecule has 1 aromatic carbocycles. The quantitative estimate of drug-likeness (QED) is 0.680. The molecule has 1 atom stereocenters. The van der Waals surface area contributed by atoms with Crippen molar-refractivity contribution in [3.63, 3.8) is 0 Å². The summed E-state index contributed by atoms with van der Waals surface area (Å²) < 4.78 is 6.82. The minimum Gasteiger partial charge on any atom is -0.356 e. The van der Waals surface area contributed by atoms with Crippen LogP contribution < -0.4 is 5.56 Å². The highest BCUT2D eigenvalue weighted by Crippen LogP contribution is 2.23. The molecule has 7 heteroatoms. The molecule has 4 rings (SSSR count). The summed E-state index contributed by atoms with van der Waals surface area (Å²) in [4.78, 5) is 27.2. The summed E-state index contributed by atoms with van der Waals surface area (Å²) in [6, 6.07) is 10.9. The Labute approximate surface area is 169 Å². The van der Waals surface area contributed by atoms with E-state index in [4.69, 9.17) is 4.52 Å². The Kier molecular flexibility index (Phi) is 4.98. The maximum absolute atomic E-state index is 13.0. The van der Waals surface area contributed by atoms with Gasteiger partial charge in [-0.05, 0) is 31.0 Å². The van der Waals surface area contributed by atoms with Crippen LogP contribution in [0.15, 0.2) is 45.7 Å². The van der Waals surface area contributed by atoms with Gasteiger partial charge in [0.2, 0.25) is 5.91 Å². The van der Waals surface area contributed by atoms with E-state index in [-0.39, 0.29) is 29.3 Å². The van der Waals surface area contributed by atoms with Gasteiger partial charge in [0.25, 0.3) is 5.56 Å². The van der Waals surface area contributed by atoms with Crippen LogP contribution in [-0.4, -0.2) is 38.3 Å². The average Bonchev–Trinajstić information content (AvgIpc) is 3.30. The first-order chi connectivity index (χ1) is 13.8. The van der Waals surface area contributed by atoms with E-state index in [2.05, 4.69) is 31.0 Å². The van der Waals surface area contributed by atoms with Crippen LogP contribution in [0.25, 0.3) is 11.0 Å². The number of likely N-dealkylation sites (tertiary alicyclic amines) is 1. The van der Waals surface area contributed by atoms with Gasteiger partial charge < -0.3 is 9.42 Å². The predicted molar refractivity (Wildman–Crippen MR) is 110 cm³/mol. The van der Waals surface area contributed by atoms with Crippen molar-refractivity contribution in [3.8, 4) is 0 Å². The van der Waals surface area contributed by atoms with Gasteiger partial charge in [-0.15, -0.1) is 0 Å². The minimum atomic E-state index is -0.144. The highest BCUT2D eigenvalue weighted by molar-refractivity contribution is 5.86. The maximum atomic E-state index is 13.0. The molecule has 3 heterocycles. The summed E-state index contributed by atoms with van der Waals surface area (Å²) in [5.41, 5.74) is 1.92. The van der Waals surface area contributed by atoms with Crippen LogP contribution in [0.5, 0.6) is 0 Å². The smallest absolute Gasteiger partial charge is 0.266 e. The second-order valence-electron chi connectivity index (χ2n) is 8.67. The van der Waals surface area contributed by atoms with Crippen molar-refractivity contribution in [2.24, 2.45) is 0 Å². The third kappa shape index (κ3) is 3.95. The Bertz CT molecular complexity index is 1090. The highest BCUT2D eigenvalue weighted by atomic mass is 16.5. The highest BCUT2D eigenvalue weighted by Gasteiger charge is 2.30. The van der Waals surface area contributed by atoms with Crippen LogP contribution in [0, 0.1) is 0 Å². The molecule has 1 fully saturated rings. The Morgan fingerprint density at radius 2 is 2.00 bits per heavy atom. The first-order valence-corrected chi connectivity index (χ1v) is 10.0. The maximum Gasteiger partial charge on any atom is 0.266 e. The Balaban J connectivity index is 1.52. The third-order valence-corrected chi connectivity index (χ3v) is 5.49. The molecule has 29 heavy (non-hydrogen) atoms. The van der Waals surface area contributed by atoms with Gasteiger partial charge in [-0.2, -0.15) is 5.10 Å². The van der Waals surface area contributed by atoms with Gasteiger partial charge >= 0.3 is 0 Å². The number of benzene rings is 1. The van der Waals surface area contributed by atoms with Gasteiger partial charge in [-0.3, -0.25) is 9.59 Å². The molecule has 1 aliphatic heterocycles. The average molecular weight is 394 g/mol. The van der Waals surface area contributed by atoms with Crippen molar-refractivity contribution in [3.05, 3.63) is 58.1 Å². The van der Waals surface area contributed by atoms with Crippen molar-refractivity contribution in [1.82, 2.24) is 19.8 Å². The Morgan fingerprint density at radius 1 is 1.21 bits per heavy atom. The molecule has 2 aromatic heterocycles. The minimum absolute atomic E-state index is 0.00609. The van der Waals surface area contributed by atoms with Gasteiger partial charge in [0, 0.05) is 23.4 Å². The van der Waals surface area contributed by atoms with Crippen molar-refractivity contribution in [2.45, 2.75) is 58.0 Å². The lowest BCUT2D eigenvalue weighted by molar-refractivity contribution is -0.131. The van der Waals surface area contributed by atoms with Crippen LogP contribution in [0.4, 0.5) is 0 Å². The molecule has 152 valence electrons. The van der Waals surface area contributed by atoms with Crippen LogP contribution in [0.3, 0.4) is 0 Å². The molecule has 0 spiro atoms. The molecule has 1 saturated heterocycles. The number of carbonyl (C=O) groups is 1. The van der Waals surface area contributed by atoms with Gasteiger partial charge in [0.15, 0.2) is 5.58 Å². The molecule has 0 aliphatic carbocycles. The number of amides is 1. The first-order valence-electron chi connectivity index (χ1n) is 10.0. The molecule has 0 saturated carbocycles. The molecule has 1 amide bonds. The molecule has 1 unspecified atom stereocenters. The first kappa shape index (κ1) is 19.4. The number of fused-ring (bicyclic) bond motifs is 1. The molecule has 0 bridgehead atoms. The fourth-order valence-corrected chi connectivity index (χ4v) is 3.84. The zero-order valence-corrected chi connectivity index (χ0v) is 17.1. The summed E-state index contributed by atoms with van der Waals surface area (Å²) in [7, 11) is 0. The van der Waals surface area contributed by atoms with E-state index in [1.54, 1.807) is 12.1 Å². The SMILES string of the molecule is CC(C)(C)c1ccc(=O)n(CC2CCCN2C(=O)Cc2noc3ccccc23)n1. The fourth-order valence-electron chi connectivity index (χ4n) is 3.84. The molecule has 3 aromatic rings.